The van der Waals surface area contributed by atoms with Crippen molar-refractivity contribution in [1.29, 1.82) is 0 Å². The van der Waals surface area contributed by atoms with E-state index in [0.717, 1.165) is 0 Å². The second kappa shape index (κ2) is 12.1. The van der Waals surface area contributed by atoms with Gasteiger partial charge in [-0.3, -0.25) is 0 Å². The molecular formula is C52H36. The van der Waals surface area contributed by atoms with Crippen LogP contribution in [0.5, 0.6) is 0 Å². The summed E-state index contributed by atoms with van der Waals surface area (Å²) < 4.78 is 0. The molecule has 0 spiro atoms. The third-order valence-corrected chi connectivity index (χ3v) is 11.0. The maximum absolute atomic E-state index is 2.50. The van der Waals surface area contributed by atoms with E-state index in [1.165, 1.54) is 108 Å². The molecule has 0 aliphatic heterocycles. The summed E-state index contributed by atoms with van der Waals surface area (Å²) in [6.45, 7) is 4.00. The predicted octanol–water partition coefficient (Wildman–Crippen LogP) is 15.3. The lowest BCUT2D eigenvalue weighted by Gasteiger charge is -2.21. The normalized spacial score (nSPS) is 11.7. The molecule has 0 bridgehead atoms. The summed E-state index contributed by atoms with van der Waals surface area (Å²) in [6.07, 6.45) is 0. The largest absolute Gasteiger partial charge is 0.0683 e. The molecule has 0 atom stereocenters. The van der Waals surface area contributed by atoms with Crippen LogP contribution in [0.1, 0.15) is 13.8 Å². The highest BCUT2D eigenvalue weighted by molar-refractivity contribution is 6.34. The van der Waals surface area contributed by atoms with E-state index in [-0.39, 0.29) is 0 Å². The number of rotatable bonds is 2. The van der Waals surface area contributed by atoms with Gasteiger partial charge in [-0.2, -0.15) is 0 Å². The molecule has 0 saturated carbocycles. The Morgan fingerprint density at radius 1 is 0.192 bits per heavy atom. The molecule has 244 valence electrons. The quantitative estimate of drug-likeness (QED) is 0.128. The topological polar surface area (TPSA) is 0 Å². The Kier molecular flexibility index (Phi) is 7.05. The van der Waals surface area contributed by atoms with Crippen LogP contribution in [0.4, 0.5) is 0 Å². The van der Waals surface area contributed by atoms with E-state index in [1.807, 2.05) is 13.8 Å². The molecule has 0 aliphatic rings. The first kappa shape index (κ1) is 30.3. The summed E-state index contributed by atoms with van der Waals surface area (Å²) in [4.78, 5) is 0. The van der Waals surface area contributed by atoms with Crippen LogP contribution in [0.15, 0.2) is 182 Å². The standard InChI is InChI=1S/C50H30.C2H6/c1-3-15-31(16-4-1)49-45-27-41-37-23-11-7-19-33(37)35-21-9-13-25-39(35)43(41)29-47(45)50(32-17-5-2-6-18-32)48-30-44-40-26-14-10-22-36(40)34-20-8-12-24-38(34)42(44)28-46(48)49;1-2/h1-30H;1-2H3. The van der Waals surface area contributed by atoms with Crippen molar-refractivity contribution in [3.63, 3.8) is 0 Å². The molecule has 52 heavy (non-hydrogen) atoms. The Morgan fingerprint density at radius 3 is 0.615 bits per heavy atom. The van der Waals surface area contributed by atoms with E-state index >= 15 is 0 Å². The van der Waals surface area contributed by atoms with Gasteiger partial charge in [-0.15, -0.1) is 0 Å². The highest BCUT2D eigenvalue weighted by atomic mass is 14.2. The van der Waals surface area contributed by atoms with Crippen molar-refractivity contribution in [1.82, 2.24) is 0 Å². The van der Waals surface area contributed by atoms with Gasteiger partial charge in [-0.05, 0) is 133 Å². The Balaban J connectivity index is 0.00000166. The fraction of sp³-hybridized carbons (Fsp3) is 0.0385. The number of hydrogen-bond donors (Lipinski definition) is 0. The van der Waals surface area contributed by atoms with E-state index in [4.69, 9.17) is 0 Å². The minimum atomic E-state index is 1.23. The molecular weight excluding hydrogens is 625 g/mol. The van der Waals surface area contributed by atoms with Crippen LogP contribution >= 0.6 is 0 Å². The van der Waals surface area contributed by atoms with Gasteiger partial charge in [-0.1, -0.05) is 172 Å². The van der Waals surface area contributed by atoms with Crippen molar-refractivity contribution in [2.24, 2.45) is 0 Å². The first-order chi connectivity index (χ1) is 25.8. The second-order valence-corrected chi connectivity index (χ2v) is 13.6. The third kappa shape index (κ3) is 4.41. The van der Waals surface area contributed by atoms with Gasteiger partial charge in [0.05, 0.1) is 0 Å². The average Bonchev–Trinajstić information content (AvgIpc) is 3.23. The van der Waals surface area contributed by atoms with Crippen molar-refractivity contribution in [2.45, 2.75) is 13.8 Å². The summed E-state index contributed by atoms with van der Waals surface area (Å²) in [6, 6.07) is 67.7. The van der Waals surface area contributed by atoms with Crippen molar-refractivity contribution in [3.05, 3.63) is 182 Å². The smallest absolute Gasteiger partial charge is 0.00259 e. The van der Waals surface area contributed by atoms with Gasteiger partial charge in [0.1, 0.15) is 0 Å². The van der Waals surface area contributed by atoms with Crippen LogP contribution in [0, 0.1) is 0 Å². The van der Waals surface area contributed by atoms with E-state index in [0.29, 0.717) is 0 Å². The van der Waals surface area contributed by atoms with Gasteiger partial charge in [0.25, 0.3) is 0 Å². The van der Waals surface area contributed by atoms with Crippen molar-refractivity contribution in [2.75, 3.05) is 0 Å². The summed E-state index contributed by atoms with van der Waals surface area (Å²) in [5.74, 6) is 0. The molecule has 0 fully saturated rings. The molecule has 0 saturated heterocycles. The molecule has 0 aromatic heterocycles. The van der Waals surface area contributed by atoms with E-state index in [9.17, 15) is 0 Å². The van der Waals surface area contributed by atoms with Crippen molar-refractivity contribution >= 4 is 86.2 Å². The van der Waals surface area contributed by atoms with Crippen LogP contribution < -0.4 is 0 Å². The fourth-order valence-corrected chi connectivity index (χ4v) is 8.85. The van der Waals surface area contributed by atoms with Crippen LogP contribution in [-0.4, -0.2) is 0 Å². The summed E-state index contributed by atoms with van der Waals surface area (Å²) >= 11 is 0. The third-order valence-electron chi connectivity index (χ3n) is 11.0. The number of fused-ring (bicyclic) bond motifs is 14. The minimum Gasteiger partial charge on any atom is -0.0683 e. The second-order valence-electron chi connectivity index (χ2n) is 13.6. The summed E-state index contributed by atoms with van der Waals surface area (Å²) in [7, 11) is 0. The molecule has 0 heterocycles. The lowest BCUT2D eigenvalue weighted by molar-refractivity contribution is 1.50. The lowest BCUT2D eigenvalue weighted by Crippen LogP contribution is -1.93. The van der Waals surface area contributed by atoms with Gasteiger partial charge in [-0.25, -0.2) is 0 Å². The summed E-state index contributed by atoms with van der Waals surface area (Å²) in [5.41, 5.74) is 5.04. The highest BCUT2D eigenvalue weighted by Gasteiger charge is 2.21. The zero-order valence-electron chi connectivity index (χ0n) is 29.3. The molecule has 11 aromatic carbocycles. The first-order valence-corrected chi connectivity index (χ1v) is 18.4. The minimum absolute atomic E-state index is 1.23. The van der Waals surface area contributed by atoms with Crippen LogP contribution in [-0.2, 0) is 0 Å². The van der Waals surface area contributed by atoms with Gasteiger partial charge >= 0.3 is 0 Å². The van der Waals surface area contributed by atoms with E-state index < -0.39 is 0 Å². The molecule has 11 aromatic rings. The number of hydrogen-bond acceptors (Lipinski definition) is 0. The Hall–Kier alpha value is -6.50. The number of benzene rings is 11. The van der Waals surface area contributed by atoms with Gasteiger partial charge in [0.15, 0.2) is 0 Å². The van der Waals surface area contributed by atoms with Crippen molar-refractivity contribution in [3.8, 4) is 22.3 Å². The summed E-state index contributed by atoms with van der Waals surface area (Å²) in [5, 5.41) is 20.6. The first-order valence-electron chi connectivity index (χ1n) is 18.4. The zero-order chi connectivity index (χ0) is 34.8. The molecule has 0 N–H and O–H groups in total. The highest BCUT2D eigenvalue weighted by Crippen LogP contribution is 2.49. The van der Waals surface area contributed by atoms with Crippen LogP contribution in [0.2, 0.25) is 0 Å². The predicted molar refractivity (Wildman–Crippen MR) is 229 cm³/mol. The maximum atomic E-state index is 2.50. The van der Waals surface area contributed by atoms with E-state index in [1.54, 1.807) is 0 Å². The lowest BCUT2D eigenvalue weighted by atomic mass is 9.82. The van der Waals surface area contributed by atoms with Gasteiger partial charge in [0.2, 0.25) is 0 Å². The molecule has 0 nitrogen and oxygen atoms in total. The Bertz CT molecular complexity index is 2780. The molecule has 0 radical (unpaired) electrons. The monoisotopic (exact) mass is 660 g/mol. The van der Waals surface area contributed by atoms with Gasteiger partial charge < -0.3 is 0 Å². The van der Waals surface area contributed by atoms with Gasteiger partial charge in [0, 0.05) is 0 Å². The SMILES string of the molecule is CC.c1ccc(-c2c3cc4c5ccccc5c5ccccc5c4cc3c(-c3ccccc3)c3cc4c5ccccc5c5ccccc5c4cc23)cc1. The molecule has 0 aliphatic carbocycles. The fourth-order valence-electron chi connectivity index (χ4n) is 8.85. The Labute approximate surface area is 303 Å². The van der Waals surface area contributed by atoms with Crippen LogP contribution in [0.3, 0.4) is 0 Å². The zero-order valence-corrected chi connectivity index (χ0v) is 29.3. The molecule has 0 amide bonds. The molecule has 0 heteroatoms. The van der Waals surface area contributed by atoms with Crippen LogP contribution in [0.25, 0.3) is 108 Å². The van der Waals surface area contributed by atoms with Crippen molar-refractivity contribution < 1.29 is 0 Å². The Morgan fingerprint density at radius 2 is 0.385 bits per heavy atom. The van der Waals surface area contributed by atoms with E-state index in [2.05, 4.69) is 182 Å². The maximum Gasteiger partial charge on any atom is -0.00259 e. The molecule has 0 unspecified atom stereocenters. The molecule has 11 rings (SSSR count). The average molecular weight is 661 g/mol.